The molecule has 1 heterocycles. The maximum Gasteiger partial charge on any atom is 0.153 e. The molecule has 18 heavy (non-hydrogen) atoms. The summed E-state index contributed by atoms with van der Waals surface area (Å²) < 4.78 is 1.68. The average molecular weight is 368 g/mol. The van der Waals surface area contributed by atoms with Crippen LogP contribution in [0.3, 0.4) is 0 Å². The van der Waals surface area contributed by atoms with Crippen LogP contribution in [0.1, 0.15) is 5.56 Å². The van der Waals surface area contributed by atoms with Gasteiger partial charge in [0.2, 0.25) is 0 Å². The predicted molar refractivity (Wildman–Crippen MR) is 78.5 cm³/mol. The van der Waals surface area contributed by atoms with Crippen molar-refractivity contribution in [1.29, 1.82) is 5.26 Å². The van der Waals surface area contributed by atoms with E-state index in [2.05, 4.69) is 48.2 Å². The fraction of sp³-hybridized carbons (Fsp3) is 0. The molecule has 4 nitrogen and oxygen atoms in total. The van der Waals surface area contributed by atoms with Crippen molar-refractivity contribution in [2.45, 2.75) is 0 Å². The van der Waals surface area contributed by atoms with E-state index in [4.69, 9.17) is 11.0 Å². The Labute approximate surface area is 121 Å². The largest absolute Gasteiger partial charge is 0.396 e. The van der Waals surface area contributed by atoms with Gasteiger partial charge in [0.05, 0.1) is 16.9 Å². The molecule has 1 aromatic carbocycles. The lowest BCUT2D eigenvalue weighted by molar-refractivity contribution is 1.29. The van der Waals surface area contributed by atoms with Gasteiger partial charge in [0.25, 0.3) is 0 Å². The van der Waals surface area contributed by atoms with Crippen LogP contribution in [-0.2, 0) is 0 Å². The molecule has 0 atom stereocenters. The van der Waals surface area contributed by atoms with Crippen LogP contribution in [-0.4, -0.2) is 4.98 Å². The van der Waals surface area contributed by atoms with Crippen LogP contribution in [0.4, 0.5) is 17.2 Å². The smallest absolute Gasteiger partial charge is 0.153 e. The zero-order chi connectivity index (χ0) is 13.1. The summed E-state index contributed by atoms with van der Waals surface area (Å²) in [5.41, 5.74) is 7.55. The minimum atomic E-state index is 0.508. The highest BCUT2D eigenvalue weighted by Crippen LogP contribution is 2.27. The Bertz CT molecular complexity index is 634. The molecule has 0 saturated heterocycles. The molecule has 0 spiro atoms. The van der Waals surface area contributed by atoms with Crippen molar-refractivity contribution in [3.8, 4) is 6.07 Å². The number of aromatic nitrogens is 1. The molecule has 2 aromatic rings. The molecular formula is C12H8Br2N4. The number of nitrogens with one attached hydrogen (secondary N) is 1. The highest BCUT2D eigenvalue weighted by atomic mass is 79.9. The number of nitrogens with zero attached hydrogens (tertiary/aromatic N) is 2. The van der Waals surface area contributed by atoms with Crippen molar-refractivity contribution in [1.82, 2.24) is 4.98 Å². The Hall–Kier alpha value is -1.58. The van der Waals surface area contributed by atoms with Gasteiger partial charge in [-0.3, -0.25) is 0 Å². The molecule has 0 aliphatic rings. The highest BCUT2D eigenvalue weighted by Gasteiger charge is 2.06. The van der Waals surface area contributed by atoms with Gasteiger partial charge in [-0.2, -0.15) is 5.26 Å². The summed E-state index contributed by atoms with van der Waals surface area (Å²) >= 11 is 6.65. The number of halogens is 2. The molecule has 0 fully saturated rings. The third-order valence-electron chi connectivity index (χ3n) is 2.24. The fourth-order valence-electron chi connectivity index (χ4n) is 1.40. The second-order valence-corrected chi connectivity index (χ2v) is 5.35. The molecule has 0 amide bonds. The van der Waals surface area contributed by atoms with Crippen molar-refractivity contribution in [3.63, 3.8) is 0 Å². The summed E-state index contributed by atoms with van der Waals surface area (Å²) in [6.45, 7) is 0. The minimum absolute atomic E-state index is 0.508. The van der Waals surface area contributed by atoms with Crippen LogP contribution in [0.15, 0.2) is 39.4 Å². The number of anilines is 3. The Morgan fingerprint density at radius 3 is 2.67 bits per heavy atom. The number of hydrogen-bond acceptors (Lipinski definition) is 4. The lowest BCUT2D eigenvalue weighted by atomic mass is 10.2. The van der Waals surface area contributed by atoms with Crippen molar-refractivity contribution < 1.29 is 0 Å². The van der Waals surface area contributed by atoms with E-state index in [1.807, 2.05) is 12.1 Å². The topological polar surface area (TPSA) is 74.7 Å². The van der Waals surface area contributed by atoms with Gasteiger partial charge in [-0.15, -0.1) is 0 Å². The summed E-state index contributed by atoms with van der Waals surface area (Å²) in [6, 6.07) is 9.20. The number of nitriles is 1. The number of nitrogen functional groups attached to an aromatic ring is 1. The summed E-state index contributed by atoms with van der Waals surface area (Å²) in [5, 5.41) is 12.1. The molecule has 0 aliphatic heterocycles. The van der Waals surface area contributed by atoms with Crippen LogP contribution in [0, 0.1) is 11.3 Å². The minimum Gasteiger partial charge on any atom is -0.396 e. The molecule has 1 aromatic heterocycles. The Morgan fingerprint density at radius 1 is 1.22 bits per heavy atom. The van der Waals surface area contributed by atoms with Gasteiger partial charge in [0.15, 0.2) is 5.82 Å². The van der Waals surface area contributed by atoms with Gasteiger partial charge < -0.3 is 11.1 Å². The molecule has 0 saturated carbocycles. The van der Waals surface area contributed by atoms with Crippen LogP contribution >= 0.6 is 31.9 Å². The maximum atomic E-state index is 9.04. The van der Waals surface area contributed by atoms with Crippen LogP contribution in [0.5, 0.6) is 0 Å². The molecule has 0 aliphatic carbocycles. The van der Waals surface area contributed by atoms with E-state index in [1.54, 1.807) is 18.3 Å². The molecule has 3 N–H and O–H groups in total. The summed E-state index contributed by atoms with van der Waals surface area (Å²) in [5.74, 6) is 0.521. The van der Waals surface area contributed by atoms with Crippen molar-refractivity contribution in [2.24, 2.45) is 0 Å². The first-order valence-electron chi connectivity index (χ1n) is 4.98. The van der Waals surface area contributed by atoms with Crippen molar-refractivity contribution in [2.75, 3.05) is 11.1 Å². The number of nitrogens with two attached hydrogens (primary N) is 1. The summed E-state index contributed by atoms with van der Waals surface area (Å²) in [4.78, 5) is 4.17. The monoisotopic (exact) mass is 366 g/mol. The SMILES string of the molecule is N#Cc1ccc(Br)cc1Nc1ncc(Br)cc1N. The van der Waals surface area contributed by atoms with E-state index in [1.165, 1.54) is 0 Å². The molecule has 0 bridgehead atoms. The first kappa shape index (κ1) is 12.9. The van der Waals surface area contributed by atoms with Crippen molar-refractivity contribution in [3.05, 3.63) is 45.0 Å². The molecule has 0 unspecified atom stereocenters. The third kappa shape index (κ3) is 2.81. The second-order valence-electron chi connectivity index (χ2n) is 3.52. The normalized spacial score (nSPS) is 9.83. The molecular weight excluding hydrogens is 360 g/mol. The van der Waals surface area contributed by atoms with Crippen LogP contribution in [0.25, 0.3) is 0 Å². The number of hydrogen-bond donors (Lipinski definition) is 2. The summed E-state index contributed by atoms with van der Waals surface area (Å²) in [6.07, 6.45) is 1.64. The Kier molecular flexibility index (Phi) is 3.84. The quantitative estimate of drug-likeness (QED) is 0.846. The van der Waals surface area contributed by atoms with Gasteiger partial charge in [0.1, 0.15) is 6.07 Å². The van der Waals surface area contributed by atoms with E-state index in [0.29, 0.717) is 22.8 Å². The Balaban J connectivity index is 2.40. The van der Waals surface area contributed by atoms with Gasteiger partial charge >= 0.3 is 0 Å². The molecule has 90 valence electrons. The highest BCUT2D eigenvalue weighted by molar-refractivity contribution is 9.10. The Morgan fingerprint density at radius 2 is 2.00 bits per heavy atom. The molecule has 6 heteroatoms. The maximum absolute atomic E-state index is 9.04. The van der Waals surface area contributed by atoms with Gasteiger partial charge in [-0.1, -0.05) is 15.9 Å². The van der Waals surface area contributed by atoms with Gasteiger partial charge in [-0.25, -0.2) is 4.98 Å². The van der Waals surface area contributed by atoms with E-state index in [9.17, 15) is 0 Å². The number of rotatable bonds is 2. The first-order chi connectivity index (χ1) is 8.60. The first-order valence-corrected chi connectivity index (χ1v) is 6.56. The van der Waals surface area contributed by atoms with Crippen LogP contribution < -0.4 is 11.1 Å². The molecule has 0 radical (unpaired) electrons. The van der Waals surface area contributed by atoms with Crippen LogP contribution in [0.2, 0.25) is 0 Å². The predicted octanol–water partition coefficient (Wildman–Crippen LogP) is 3.80. The van der Waals surface area contributed by atoms with Gasteiger partial charge in [-0.05, 0) is 40.2 Å². The second kappa shape index (κ2) is 5.38. The third-order valence-corrected chi connectivity index (χ3v) is 3.17. The fourth-order valence-corrected chi connectivity index (χ4v) is 2.11. The summed E-state index contributed by atoms with van der Waals surface area (Å²) in [7, 11) is 0. The zero-order valence-corrected chi connectivity index (χ0v) is 12.3. The van der Waals surface area contributed by atoms with E-state index >= 15 is 0 Å². The lowest BCUT2D eigenvalue weighted by Gasteiger charge is -2.10. The average Bonchev–Trinajstić information content (AvgIpc) is 2.33. The molecule has 2 rings (SSSR count). The lowest BCUT2D eigenvalue weighted by Crippen LogP contribution is -2.00. The standard InChI is InChI=1S/C12H8Br2N4/c13-8-2-1-7(5-15)11(4-8)18-12-10(16)3-9(14)6-17-12/h1-4,6H,16H2,(H,17,18). The van der Waals surface area contributed by atoms with Crippen molar-refractivity contribution >= 4 is 49.1 Å². The number of benzene rings is 1. The van der Waals surface area contributed by atoms with Gasteiger partial charge in [0, 0.05) is 15.1 Å². The number of pyridine rings is 1. The zero-order valence-electron chi connectivity index (χ0n) is 9.11. The van der Waals surface area contributed by atoms with E-state index < -0.39 is 0 Å². The van der Waals surface area contributed by atoms with E-state index in [-0.39, 0.29) is 0 Å². The van der Waals surface area contributed by atoms with E-state index in [0.717, 1.165) is 8.95 Å².